The number of fused-ring (bicyclic) bond motifs is 2. The molecule has 0 bridgehead atoms. The molecule has 0 saturated heterocycles. The molecule has 0 radical (unpaired) electrons. The molecule has 1 N–H and O–H groups in total. The fourth-order valence-corrected chi connectivity index (χ4v) is 3.35. The van der Waals surface area contributed by atoms with E-state index in [1.54, 1.807) is 0 Å². The van der Waals surface area contributed by atoms with Crippen LogP contribution in [-0.2, 0) is 0 Å². The molecule has 4 aromatic rings. The third-order valence-corrected chi connectivity index (χ3v) is 4.89. The maximum Gasteiger partial charge on any atom is 0.152 e. The molecule has 3 aromatic carbocycles. The summed E-state index contributed by atoms with van der Waals surface area (Å²) in [4.78, 5) is 11.2. The molecule has 0 fully saturated rings. The molecule has 5 nitrogen and oxygen atoms in total. The zero-order valence-corrected chi connectivity index (χ0v) is 17.2. The topological polar surface area (TPSA) is 53.4 Å². The number of benzene rings is 3. The van der Waals surface area contributed by atoms with Crippen molar-refractivity contribution in [3.8, 4) is 0 Å². The molecule has 4 rings (SSSR count). The number of hydrogen-bond donors (Lipinski definition) is 1. The number of nitrogens with one attached hydrogen (secondary N) is 1. The molecule has 0 saturated carbocycles. The van der Waals surface area contributed by atoms with Gasteiger partial charge in [0.25, 0.3) is 0 Å². The summed E-state index contributed by atoms with van der Waals surface area (Å²) >= 11 is 0. The van der Waals surface area contributed by atoms with Crippen LogP contribution < -0.4 is 10.3 Å². The van der Waals surface area contributed by atoms with E-state index in [9.17, 15) is 0 Å². The van der Waals surface area contributed by atoms with Gasteiger partial charge in [-0.3, -0.25) is 5.43 Å². The lowest BCUT2D eigenvalue weighted by atomic mass is 9.97. The second-order valence-electron chi connectivity index (χ2n) is 7.62. The summed E-state index contributed by atoms with van der Waals surface area (Å²) in [6.07, 6.45) is 1.89. The second-order valence-corrected chi connectivity index (χ2v) is 7.62. The Morgan fingerprint density at radius 2 is 1.52 bits per heavy atom. The Balaban J connectivity index is 1.74. The number of aromatic nitrogens is 2. The first-order valence-corrected chi connectivity index (χ1v) is 9.79. The SMILES string of the molecule is CC(C)c1nc(N/N=C/c2c3ccccc3cc3ccccc23)cc(N(C)C)n1. The summed E-state index contributed by atoms with van der Waals surface area (Å²) in [5.41, 5.74) is 4.20. The molecule has 1 heterocycles. The maximum atomic E-state index is 4.61. The van der Waals surface area contributed by atoms with Gasteiger partial charge in [-0.1, -0.05) is 62.4 Å². The fraction of sp³-hybridized carbons (Fsp3) is 0.208. The van der Waals surface area contributed by atoms with E-state index >= 15 is 0 Å². The van der Waals surface area contributed by atoms with Crippen LogP contribution in [0.15, 0.2) is 65.8 Å². The zero-order chi connectivity index (χ0) is 20.4. The summed E-state index contributed by atoms with van der Waals surface area (Å²) in [5.74, 6) is 2.58. The predicted molar refractivity (Wildman–Crippen MR) is 123 cm³/mol. The van der Waals surface area contributed by atoms with E-state index in [2.05, 4.69) is 88.9 Å². The van der Waals surface area contributed by atoms with Crippen LogP contribution in [0.5, 0.6) is 0 Å². The van der Waals surface area contributed by atoms with Crippen LogP contribution >= 0.6 is 0 Å². The lowest BCUT2D eigenvalue weighted by molar-refractivity contribution is 0.771. The van der Waals surface area contributed by atoms with Crippen LogP contribution in [-0.4, -0.2) is 30.3 Å². The normalized spacial score (nSPS) is 11.6. The molecule has 0 spiro atoms. The van der Waals surface area contributed by atoms with E-state index in [0.29, 0.717) is 5.82 Å². The van der Waals surface area contributed by atoms with Gasteiger partial charge in [-0.15, -0.1) is 0 Å². The van der Waals surface area contributed by atoms with Crippen molar-refractivity contribution in [2.24, 2.45) is 5.10 Å². The highest BCUT2D eigenvalue weighted by Gasteiger charge is 2.09. The fourth-order valence-electron chi connectivity index (χ4n) is 3.35. The van der Waals surface area contributed by atoms with Crippen molar-refractivity contribution in [3.05, 3.63) is 72.1 Å². The number of hydrazone groups is 1. The highest BCUT2D eigenvalue weighted by atomic mass is 15.3. The largest absolute Gasteiger partial charge is 0.363 e. The number of rotatable bonds is 5. The van der Waals surface area contributed by atoms with Gasteiger partial charge in [-0.2, -0.15) is 5.10 Å². The summed E-state index contributed by atoms with van der Waals surface area (Å²) < 4.78 is 0. The molecule has 0 aliphatic rings. The van der Waals surface area contributed by atoms with Gasteiger partial charge in [0.1, 0.15) is 11.6 Å². The van der Waals surface area contributed by atoms with Crippen molar-refractivity contribution in [2.45, 2.75) is 19.8 Å². The summed E-state index contributed by atoms with van der Waals surface area (Å²) in [5, 5.41) is 9.28. The average Bonchev–Trinajstić information content (AvgIpc) is 2.73. The van der Waals surface area contributed by atoms with E-state index in [-0.39, 0.29) is 5.92 Å². The predicted octanol–water partition coefficient (Wildman–Crippen LogP) is 5.42. The highest BCUT2D eigenvalue weighted by Crippen LogP contribution is 2.27. The van der Waals surface area contributed by atoms with Gasteiger partial charge in [-0.25, -0.2) is 9.97 Å². The van der Waals surface area contributed by atoms with Crippen molar-refractivity contribution in [1.82, 2.24) is 9.97 Å². The van der Waals surface area contributed by atoms with Crippen molar-refractivity contribution in [1.29, 1.82) is 0 Å². The Kier molecular flexibility index (Phi) is 5.12. The van der Waals surface area contributed by atoms with Crippen LogP contribution in [0.2, 0.25) is 0 Å². The third kappa shape index (κ3) is 3.90. The quantitative estimate of drug-likeness (QED) is 0.284. The minimum Gasteiger partial charge on any atom is -0.363 e. The second kappa shape index (κ2) is 7.87. The average molecular weight is 383 g/mol. The van der Waals surface area contributed by atoms with Gasteiger partial charge >= 0.3 is 0 Å². The lowest BCUT2D eigenvalue weighted by Crippen LogP contribution is -2.13. The van der Waals surface area contributed by atoms with Crippen LogP contribution in [0.25, 0.3) is 21.5 Å². The molecule has 5 heteroatoms. The molecule has 0 atom stereocenters. The molecule has 29 heavy (non-hydrogen) atoms. The van der Waals surface area contributed by atoms with Gasteiger partial charge in [0.15, 0.2) is 5.82 Å². The number of nitrogens with zero attached hydrogens (tertiary/aromatic N) is 4. The molecular formula is C24H25N5. The van der Waals surface area contributed by atoms with E-state index in [0.717, 1.165) is 17.2 Å². The van der Waals surface area contributed by atoms with Gasteiger partial charge in [-0.05, 0) is 27.6 Å². The summed E-state index contributed by atoms with van der Waals surface area (Å²) in [6.45, 7) is 4.17. The minimum atomic E-state index is 0.237. The van der Waals surface area contributed by atoms with Gasteiger partial charge < -0.3 is 4.90 Å². The van der Waals surface area contributed by atoms with Crippen LogP contribution in [0, 0.1) is 0 Å². The van der Waals surface area contributed by atoms with Gasteiger partial charge in [0.05, 0.1) is 6.21 Å². The molecule has 0 aliphatic carbocycles. The Bertz CT molecular complexity index is 1110. The standard InChI is InChI=1S/C24H25N5/c1-16(2)24-26-22(14-23(27-24)29(3)4)28-25-15-21-19-11-7-5-9-17(19)13-18-10-6-8-12-20(18)21/h5-16H,1-4H3,(H,26,27,28)/b25-15+. The number of anilines is 2. The highest BCUT2D eigenvalue weighted by molar-refractivity contribution is 6.13. The first-order valence-electron chi connectivity index (χ1n) is 9.79. The molecule has 0 amide bonds. The Morgan fingerprint density at radius 3 is 2.10 bits per heavy atom. The summed E-state index contributed by atoms with van der Waals surface area (Å²) in [6, 6.07) is 20.9. The smallest absolute Gasteiger partial charge is 0.152 e. The minimum absolute atomic E-state index is 0.237. The van der Waals surface area contributed by atoms with Crippen molar-refractivity contribution < 1.29 is 0 Å². The Labute approximate surface area is 171 Å². The first kappa shape index (κ1) is 18.9. The zero-order valence-electron chi connectivity index (χ0n) is 17.2. The molecule has 1 aromatic heterocycles. The van der Waals surface area contributed by atoms with Crippen molar-refractivity contribution >= 4 is 39.4 Å². The summed E-state index contributed by atoms with van der Waals surface area (Å²) in [7, 11) is 3.95. The Morgan fingerprint density at radius 1 is 0.897 bits per heavy atom. The van der Waals surface area contributed by atoms with E-state index < -0.39 is 0 Å². The molecule has 0 unspecified atom stereocenters. The van der Waals surface area contributed by atoms with Gasteiger partial charge in [0.2, 0.25) is 0 Å². The Hall–Kier alpha value is -3.47. The van der Waals surface area contributed by atoms with Crippen LogP contribution in [0.4, 0.5) is 11.6 Å². The third-order valence-electron chi connectivity index (χ3n) is 4.89. The maximum absolute atomic E-state index is 4.61. The molecule has 0 aliphatic heterocycles. The van der Waals surface area contributed by atoms with E-state index in [1.165, 1.54) is 21.5 Å². The molecule has 146 valence electrons. The van der Waals surface area contributed by atoms with Crippen LogP contribution in [0.1, 0.15) is 31.2 Å². The van der Waals surface area contributed by atoms with E-state index in [4.69, 9.17) is 0 Å². The molecular weight excluding hydrogens is 358 g/mol. The first-order chi connectivity index (χ1) is 14.0. The van der Waals surface area contributed by atoms with Crippen molar-refractivity contribution in [3.63, 3.8) is 0 Å². The monoisotopic (exact) mass is 383 g/mol. The lowest BCUT2D eigenvalue weighted by Gasteiger charge is -2.15. The van der Waals surface area contributed by atoms with Crippen molar-refractivity contribution in [2.75, 3.05) is 24.4 Å². The number of hydrogen-bond acceptors (Lipinski definition) is 5. The van der Waals surface area contributed by atoms with Crippen LogP contribution in [0.3, 0.4) is 0 Å². The van der Waals surface area contributed by atoms with Gasteiger partial charge in [0, 0.05) is 31.6 Å². The van der Waals surface area contributed by atoms with E-state index in [1.807, 2.05) is 31.3 Å².